The normalized spacial score (nSPS) is 23.0. The predicted molar refractivity (Wildman–Crippen MR) is 427 cm³/mol. The molecule has 11 nitrogen and oxygen atoms in total. The van der Waals surface area contributed by atoms with Crippen LogP contribution in [0.2, 0.25) is 72.5 Å². The number of hydrogen-bond donors (Lipinski definition) is 2. The van der Waals surface area contributed by atoms with E-state index in [1.807, 2.05) is 50.9 Å². The number of aryl methyl sites for hydroxylation is 2. The van der Waals surface area contributed by atoms with E-state index in [0.717, 1.165) is 45.4 Å². The number of rotatable bonds is 24. The molecule has 1 aliphatic rings. The zero-order valence-electron chi connectivity index (χ0n) is 66.1. The van der Waals surface area contributed by atoms with Gasteiger partial charge in [-0.2, -0.15) is 0 Å². The number of carboxylic acid groups (broad SMARTS) is 1. The third-order valence-electron chi connectivity index (χ3n) is 20.6. The van der Waals surface area contributed by atoms with Gasteiger partial charge in [-0.15, -0.1) is 46.2 Å². The Hall–Kier alpha value is -1.99. The minimum absolute atomic E-state index is 0.00164. The van der Waals surface area contributed by atoms with Crippen molar-refractivity contribution >= 4 is 104 Å². The summed E-state index contributed by atoms with van der Waals surface area (Å²) < 4.78 is 33.9. The average Bonchev–Trinajstić information content (AvgIpc) is 1.28. The number of carbonyl (C=O) groups excluding carboxylic acids is 1. The highest BCUT2D eigenvalue weighted by Crippen LogP contribution is 2.48. The van der Waals surface area contributed by atoms with E-state index in [9.17, 15) is 19.8 Å². The largest absolute Gasteiger partial charge is 0.481 e. The maximum absolute atomic E-state index is 14.0. The number of aliphatic hydroxyl groups excluding tert-OH is 1. The minimum Gasteiger partial charge on any atom is -0.481 e. The molecule has 19 heteroatoms. The number of carbonyl (C=O) groups is 2. The maximum atomic E-state index is 14.0. The Kier molecular flexibility index (Phi) is 34.0. The summed E-state index contributed by atoms with van der Waals surface area (Å²) in [6.07, 6.45) is 18.8. The minimum atomic E-state index is -2.23. The molecule has 0 saturated carbocycles. The van der Waals surface area contributed by atoms with Gasteiger partial charge in [0.2, 0.25) is 0 Å². The highest BCUT2D eigenvalue weighted by atomic mass is 32.2. The molecular formula is C76H136N2O9S4Si4. The van der Waals surface area contributed by atoms with Crippen LogP contribution in [-0.2, 0) is 32.0 Å². The Morgan fingerprint density at radius 3 is 1.75 bits per heavy atom. The number of aromatic nitrogens is 2. The maximum Gasteiger partial charge on any atom is 0.309 e. The summed E-state index contributed by atoms with van der Waals surface area (Å²) >= 11 is 6.93. The topological polar surface area (TPSA) is 147 Å². The van der Waals surface area contributed by atoms with Crippen molar-refractivity contribution in [1.82, 2.24) is 9.97 Å². The standard InChI is InChI=1S/C38H69NO5S2Si2.C38H67NO4S2Si2/c1-26(21-22-32(40)28(3)23-31-25-45-30(5)39-31)19-18-20-27(2)35(44-48(16,17)37(9,10)11)29(4)46-38(12,13)33(24-34(41)42)43-47(14,15)36(6,7)8;1-26-19-18-20-27(2)35(43-47(16,17)37(9,10)11)29(4)45-38(12,13)33(42-46(14,15)36(6,7)8)24-34(40)41-32(22-21-26)28(3)23-31-25-44-30(5)39-31/h18,20-21,23,25,27,29,32-33,35,40H,19,22,24H2,1-17H3,(H,41,42);18,20-21,23,25,27,29,32-33,35H,19,22,24H2,1-17H3/b2*20-18-,26-21-,28-23+/t2*27-,29+,32-,33-,35-/m00/s1. The number of cyclic esters (lactones) is 1. The number of thiazole rings is 2. The van der Waals surface area contributed by atoms with Crippen LogP contribution in [-0.4, -0.2) is 122 Å². The molecule has 2 N–H and O–H groups in total. The highest BCUT2D eigenvalue weighted by Gasteiger charge is 2.49. The Bertz CT molecular complexity index is 2940. The Balaban J connectivity index is 0.000000647. The molecule has 3 heterocycles. The molecule has 10 atom stereocenters. The summed E-state index contributed by atoms with van der Waals surface area (Å²) in [4.78, 5) is 35.1. The predicted octanol–water partition coefficient (Wildman–Crippen LogP) is 23.1. The summed E-state index contributed by atoms with van der Waals surface area (Å²) in [6.45, 7) is 75.4. The van der Waals surface area contributed by atoms with Crippen LogP contribution in [0.3, 0.4) is 0 Å². The SMILES string of the molecule is C/C(=C/C[C@H](O)/C(C)=C/c1csc(C)n1)C/C=C\[C@H](C)[C@H](O[Si](C)(C)C(C)(C)C)[C@@H](C)SC(C)(C)[C@H](CC(=O)O)O[Si](C)(C)C(C)(C)C.C/C1=C/C[C@@H](/C(C)=C/c2csc(C)n2)OC(=O)C[C@H](O[Si](C)(C)C(C)(C)C)C(C)(C)S[C@H](C)[C@@H](O[Si](C)(C)C(C)(C)C)[C@@H](C)/C=C\C1. The summed E-state index contributed by atoms with van der Waals surface area (Å²) in [5.41, 5.74) is 6.17. The lowest BCUT2D eigenvalue weighted by Gasteiger charge is -2.46. The van der Waals surface area contributed by atoms with Crippen molar-refractivity contribution in [3.8, 4) is 0 Å². The first-order valence-corrected chi connectivity index (χ1v) is 50.0. The fourth-order valence-electron chi connectivity index (χ4n) is 9.99. The van der Waals surface area contributed by atoms with Crippen LogP contribution < -0.4 is 0 Å². The van der Waals surface area contributed by atoms with Gasteiger partial charge in [0.15, 0.2) is 33.3 Å². The quantitative estimate of drug-likeness (QED) is 0.0584. The smallest absolute Gasteiger partial charge is 0.309 e. The van der Waals surface area contributed by atoms with Crippen LogP contribution in [0.1, 0.15) is 226 Å². The molecule has 0 fully saturated rings. The van der Waals surface area contributed by atoms with Crippen LogP contribution in [0.5, 0.6) is 0 Å². The van der Waals surface area contributed by atoms with E-state index in [1.165, 1.54) is 11.1 Å². The van der Waals surface area contributed by atoms with Gasteiger partial charge in [0.1, 0.15) is 6.10 Å². The van der Waals surface area contributed by atoms with Crippen LogP contribution in [0, 0.1) is 25.7 Å². The van der Waals surface area contributed by atoms with Gasteiger partial charge in [0.05, 0.1) is 64.8 Å². The van der Waals surface area contributed by atoms with Gasteiger partial charge in [-0.3, -0.25) is 9.59 Å². The lowest BCUT2D eigenvalue weighted by atomic mass is 9.99. The average molecular weight is 1460 g/mol. The molecule has 0 unspecified atom stereocenters. The second-order valence-electron chi connectivity index (χ2n) is 34.5. The van der Waals surface area contributed by atoms with Crippen LogP contribution in [0.15, 0.2) is 69.5 Å². The number of carboxylic acids is 1. The van der Waals surface area contributed by atoms with Gasteiger partial charge >= 0.3 is 11.9 Å². The highest BCUT2D eigenvalue weighted by molar-refractivity contribution is 8.01. The van der Waals surface area contributed by atoms with Crippen molar-refractivity contribution < 1.29 is 42.2 Å². The molecule has 0 aliphatic carbocycles. The van der Waals surface area contributed by atoms with Gasteiger partial charge in [-0.05, 0) is 184 Å². The zero-order valence-corrected chi connectivity index (χ0v) is 73.3. The molecule has 0 amide bonds. The Labute approximate surface area is 601 Å². The molecule has 3 rings (SSSR count). The van der Waals surface area contributed by atoms with Crippen molar-refractivity contribution in [1.29, 1.82) is 0 Å². The van der Waals surface area contributed by atoms with E-state index in [-0.39, 0.29) is 90.5 Å². The molecule has 544 valence electrons. The van der Waals surface area contributed by atoms with E-state index in [0.29, 0.717) is 12.8 Å². The van der Waals surface area contributed by atoms with Crippen LogP contribution in [0.4, 0.5) is 0 Å². The van der Waals surface area contributed by atoms with Crippen molar-refractivity contribution in [3.63, 3.8) is 0 Å². The molecule has 2 aromatic heterocycles. The van der Waals surface area contributed by atoms with E-state index >= 15 is 0 Å². The van der Waals surface area contributed by atoms with E-state index < -0.39 is 56.2 Å². The molecule has 0 bridgehead atoms. The fraction of sp³-hybridized carbons (Fsp3) is 0.737. The number of ether oxygens (including phenoxy) is 1. The van der Waals surface area contributed by atoms with E-state index in [2.05, 4.69) is 263 Å². The Morgan fingerprint density at radius 1 is 0.768 bits per heavy atom. The monoisotopic (exact) mass is 1460 g/mol. The van der Waals surface area contributed by atoms with Gasteiger partial charge in [0, 0.05) is 49.0 Å². The molecular weight excluding hydrogens is 1330 g/mol. The molecule has 0 radical (unpaired) electrons. The third-order valence-corrected chi connectivity index (χ3v) is 43.1. The molecule has 95 heavy (non-hydrogen) atoms. The zero-order chi connectivity index (χ0) is 73.6. The van der Waals surface area contributed by atoms with Crippen LogP contribution >= 0.6 is 46.2 Å². The van der Waals surface area contributed by atoms with Crippen molar-refractivity contribution in [2.75, 3.05) is 0 Å². The molecule has 0 aromatic carbocycles. The molecule has 0 saturated heterocycles. The lowest BCUT2D eigenvalue weighted by molar-refractivity contribution is -0.149. The number of hydrogen-bond acceptors (Lipinski definition) is 14. The summed E-state index contributed by atoms with van der Waals surface area (Å²) in [6, 6.07) is 0. The van der Waals surface area contributed by atoms with E-state index in [1.54, 1.807) is 34.4 Å². The number of aliphatic hydroxyl groups is 1. The summed E-state index contributed by atoms with van der Waals surface area (Å²) in [7, 11) is -8.63. The summed E-state index contributed by atoms with van der Waals surface area (Å²) in [5, 5.41) is 27.1. The van der Waals surface area contributed by atoms with Gasteiger partial charge < -0.3 is 32.7 Å². The van der Waals surface area contributed by atoms with Crippen molar-refractivity contribution in [3.05, 3.63) is 90.9 Å². The lowest BCUT2D eigenvalue weighted by Crippen LogP contribution is -2.52. The first-order chi connectivity index (χ1) is 42.8. The van der Waals surface area contributed by atoms with Gasteiger partial charge in [-0.1, -0.05) is 158 Å². The number of nitrogens with zero attached hydrogens (tertiary/aromatic N) is 2. The van der Waals surface area contributed by atoms with Crippen molar-refractivity contribution in [2.24, 2.45) is 11.8 Å². The fourth-order valence-corrected chi connectivity index (χ4v) is 20.6. The van der Waals surface area contributed by atoms with E-state index in [4.69, 9.17) is 22.4 Å². The number of aliphatic carboxylic acids is 1. The first-order valence-electron chi connectivity index (χ1n) is 34.9. The molecule has 1 aliphatic heterocycles. The number of thioether (sulfide) groups is 2. The molecule has 0 spiro atoms. The second-order valence-corrected chi connectivity index (χ2v) is 59.7. The van der Waals surface area contributed by atoms with Gasteiger partial charge in [0.25, 0.3) is 0 Å². The van der Waals surface area contributed by atoms with Gasteiger partial charge in [-0.25, -0.2) is 9.97 Å². The third kappa shape index (κ3) is 29.1. The number of esters is 1. The molecule has 2 aromatic rings. The van der Waals surface area contributed by atoms with Crippen molar-refractivity contribution in [2.45, 2.75) is 348 Å². The number of allylic oxidation sites excluding steroid dienone is 4. The van der Waals surface area contributed by atoms with Crippen LogP contribution in [0.25, 0.3) is 12.2 Å². The first kappa shape index (κ1) is 89.1. The second kappa shape index (κ2) is 36.2. The Morgan fingerprint density at radius 2 is 1.26 bits per heavy atom. The summed E-state index contributed by atoms with van der Waals surface area (Å²) in [5.74, 6) is -0.682.